The Hall–Kier alpha value is -2.09. The molecule has 1 aliphatic rings. The zero-order valence-electron chi connectivity index (χ0n) is 16.4. The van der Waals surface area contributed by atoms with Crippen LogP contribution in [0.1, 0.15) is 45.1 Å². The smallest absolute Gasteiger partial charge is 0.219 e. The van der Waals surface area contributed by atoms with Gasteiger partial charge in [0, 0.05) is 58.8 Å². The van der Waals surface area contributed by atoms with Gasteiger partial charge in [-0.3, -0.25) is 9.69 Å². The van der Waals surface area contributed by atoms with Crippen molar-refractivity contribution in [1.29, 1.82) is 0 Å². The average molecular weight is 364 g/mol. The Labute approximate surface area is 156 Å². The van der Waals surface area contributed by atoms with Crippen LogP contribution in [-0.4, -0.2) is 72.6 Å². The SMILES string of the molecule is CCNC(=NCc1cc(C(C)C)no1)NCCN1CCN(C(C)=O)CC1. The van der Waals surface area contributed by atoms with Gasteiger partial charge in [0.1, 0.15) is 6.54 Å². The van der Waals surface area contributed by atoms with Crippen molar-refractivity contribution in [1.82, 2.24) is 25.6 Å². The topological polar surface area (TPSA) is 86.0 Å². The predicted octanol–water partition coefficient (Wildman–Crippen LogP) is 1.02. The Morgan fingerprint density at radius 3 is 2.62 bits per heavy atom. The zero-order valence-corrected chi connectivity index (χ0v) is 16.4. The summed E-state index contributed by atoms with van der Waals surface area (Å²) in [5, 5.41) is 10.7. The van der Waals surface area contributed by atoms with E-state index in [9.17, 15) is 4.79 Å². The van der Waals surface area contributed by atoms with E-state index in [0.29, 0.717) is 12.5 Å². The van der Waals surface area contributed by atoms with E-state index >= 15 is 0 Å². The summed E-state index contributed by atoms with van der Waals surface area (Å²) in [4.78, 5) is 20.2. The molecule has 26 heavy (non-hydrogen) atoms. The van der Waals surface area contributed by atoms with Gasteiger partial charge in [-0.15, -0.1) is 0 Å². The summed E-state index contributed by atoms with van der Waals surface area (Å²) in [6.07, 6.45) is 0. The van der Waals surface area contributed by atoms with Crippen molar-refractivity contribution in [2.45, 2.75) is 40.2 Å². The Morgan fingerprint density at radius 2 is 2.04 bits per heavy atom. The number of aromatic nitrogens is 1. The van der Waals surface area contributed by atoms with Crippen LogP contribution in [0.2, 0.25) is 0 Å². The first kappa shape index (κ1) is 20.2. The van der Waals surface area contributed by atoms with Gasteiger partial charge in [-0.05, 0) is 12.8 Å². The minimum Gasteiger partial charge on any atom is -0.359 e. The number of guanidine groups is 1. The Balaban J connectivity index is 1.76. The lowest BCUT2D eigenvalue weighted by Gasteiger charge is -2.34. The maximum atomic E-state index is 11.4. The van der Waals surface area contributed by atoms with Gasteiger partial charge < -0.3 is 20.1 Å². The lowest BCUT2D eigenvalue weighted by atomic mass is 10.1. The number of carbonyl (C=O) groups excluding carboxylic acids is 1. The molecule has 146 valence electrons. The second-order valence-corrected chi connectivity index (χ2v) is 6.84. The van der Waals surface area contributed by atoms with Crippen molar-refractivity contribution < 1.29 is 9.32 Å². The summed E-state index contributed by atoms with van der Waals surface area (Å²) >= 11 is 0. The van der Waals surface area contributed by atoms with Crippen molar-refractivity contribution in [2.75, 3.05) is 45.8 Å². The molecule has 1 amide bonds. The van der Waals surface area contributed by atoms with E-state index in [0.717, 1.165) is 63.2 Å². The van der Waals surface area contributed by atoms with E-state index in [2.05, 4.69) is 39.5 Å². The molecule has 0 radical (unpaired) electrons. The van der Waals surface area contributed by atoms with E-state index in [-0.39, 0.29) is 5.91 Å². The number of aliphatic imine (C=N–C) groups is 1. The first-order valence-electron chi connectivity index (χ1n) is 9.45. The highest BCUT2D eigenvalue weighted by Crippen LogP contribution is 2.14. The third kappa shape index (κ3) is 6.33. The molecule has 0 unspecified atom stereocenters. The van der Waals surface area contributed by atoms with Crippen LogP contribution < -0.4 is 10.6 Å². The van der Waals surface area contributed by atoms with Gasteiger partial charge in [0.2, 0.25) is 5.91 Å². The number of hydrogen-bond donors (Lipinski definition) is 2. The highest BCUT2D eigenvalue weighted by molar-refractivity contribution is 5.79. The number of nitrogens with one attached hydrogen (secondary N) is 2. The number of amides is 1. The van der Waals surface area contributed by atoms with Crippen LogP contribution in [0.3, 0.4) is 0 Å². The van der Waals surface area contributed by atoms with Crippen molar-refractivity contribution in [2.24, 2.45) is 4.99 Å². The van der Waals surface area contributed by atoms with Gasteiger partial charge in [-0.1, -0.05) is 19.0 Å². The molecule has 0 saturated carbocycles. The Bertz CT molecular complexity index is 590. The molecule has 1 aliphatic heterocycles. The van der Waals surface area contributed by atoms with Gasteiger partial charge in [0.15, 0.2) is 11.7 Å². The summed E-state index contributed by atoms with van der Waals surface area (Å²) < 4.78 is 5.33. The van der Waals surface area contributed by atoms with Crippen molar-refractivity contribution in [3.63, 3.8) is 0 Å². The minimum atomic E-state index is 0.164. The summed E-state index contributed by atoms with van der Waals surface area (Å²) in [6, 6.07) is 1.96. The lowest BCUT2D eigenvalue weighted by molar-refractivity contribution is -0.130. The molecule has 1 saturated heterocycles. The first-order valence-corrected chi connectivity index (χ1v) is 9.45. The number of hydrogen-bond acceptors (Lipinski definition) is 5. The summed E-state index contributed by atoms with van der Waals surface area (Å²) in [6.45, 7) is 14.3. The minimum absolute atomic E-state index is 0.164. The molecular formula is C18H32N6O2. The Kier molecular flexibility index (Phi) is 7.90. The van der Waals surface area contributed by atoms with Crippen molar-refractivity contribution >= 4 is 11.9 Å². The average Bonchev–Trinajstić information content (AvgIpc) is 3.09. The van der Waals surface area contributed by atoms with E-state index in [1.165, 1.54) is 0 Å². The first-order chi connectivity index (χ1) is 12.5. The standard InChI is InChI=1S/C18H32N6O2/c1-5-19-18(21-13-16-12-17(14(2)3)22-26-16)20-6-7-23-8-10-24(11-9-23)15(4)25/h12,14H,5-11,13H2,1-4H3,(H2,19,20,21). The summed E-state index contributed by atoms with van der Waals surface area (Å²) in [5.74, 6) is 2.06. The number of carbonyl (C=O) groups is 1. The van der Waals surface area contributed by atoms with Crippen molar-refractivity contribution in [3.8, 4) is 0 Å². The number of rotatable bonds is 7. The van der Waals surface area contributed by atoms with Crippen LogP contribution >= 0.6 is 0 Å². The molecule has 1 aromatic rings. The van der Waals surface area contributed by atoms with Gasteiger partial charge in [0.25, 0.3) is 0 Å². The molecule has 0 bridgehead atoms. The highest BCUT2D eigenvalue weighted by atomic mass is 16.5. The third-order valence-electron chi connectivity index (χ3n) is 4.44. The van der Waals surface area contributed by atoms with E-state index in [4.69, 9.17) is 4.52 Å². The monoisotopic (exact) mass is 364 g/mol. The second-order valence-electron chi connectivity index (χ2n) is 6.84. The number of piperazine rings is 1. The second kappa shape index (κ2) is 10.2. The van der Waals surface area contributed by atoms with E-state index in [1.807, 2.05) is 17.9 Å². The Morgan fingerprint density at radius 1 is 1.31 bits per heavy atom. The molecule has 2 N–H and O–H groups in total. The van der Waals surface area contributed by atoms with Gasteiger partial charge in [0.05, 0.1) is 5.69 Å². The maximum Gasteiger partial charge on any atom is 0.219 e. The number of nitrogens with zero attached hydrogens (tertiary/aromatic N) is 4. The van der Waals surface area contributed by atoms with E-state index in [1.54, 1.807) is 6.92 Å². The molecule has 1 fully saturated rings. The van der Waals surface area contributed by atoms with Crippen LogP contribution in [0.25, 0.3) is 0 Å². The van der Waals surface area contributed by atoms with Crippen LogP contribution in [-0.2, 0) is 11.3 Å². The largest absolute Gasteiger partial charge is 0.359 e. The van der Waals surface area contributed by atoms with Crippen LogP contribution in [0.15, 0.2) is 15.6 Å². The highest BCUT2D eigenvalue weighted by Gasteiger charge is 2.17. The quantitative estimate of drug-likeness (QED) is 0.555. The fraction of sp³-hybridized carbons (Fsp3) is 0.722. The van der Waals surface area contributed by atoms with Crippen LogP contribution in [0.5, 0.6) is 0 Å². The molecule has 0 aromatic carbocycles. The lowest BCUT2D eigenvalue weighted by Crippen LogP contribution is -2.50. The molecule has 8 nitrogen and oxygen atoms in total. The van der Waals surface area contributed by atoms with Crippen LogP contribution in [0.4, 0.5) is 0 Å². The van der Waals surface area contributed by atoms with Gasteiger partial charge in [-0.2, -0.15) is 0 Å². The zero-order chi connectivity index (χ0) is 18.9. The van der Waals surface area contributed by atoms with Gasteiger partial charge >= 0.3 is 0 Å². The summed E-state index contributed by atoms with van der Waals surface area (Å²) in [7, 11) is 0. The molecule has 8 heteroatoms. The molecule has 0 aliphatic carbocycles. The van der Waals surface area contributed by atoms with Gasteiger partial charge in [-0.25, -0.2) is 4.99 Å². The third-order valence-corrected chi connectivity index (χ3v) is 4.44. The van der Waals surface area contributed by atoms with Crippen molar-refractivity contribution in [3.05, 3.63) is 17.5 Å². The normalized spacial score (nSPS) is 16.2. The molecule has 2 rings (SSSR count). The molecular weight excluding hydrogens is 332 g/mol. The molecule has 2 heterocycles. The molecule has 0 atom stereocenters. The maximum absolute atomic E-state index is 11.4. The predicted molar refractivity (Wildman–Crippen MR) is 102 cm³/mol. The van der Waals surface area contributed by atoms with Crippen LogP contribution in [0, 0.1) is 0 Å². The molecule has 1 aromatic heterocycles. The summed E-state index contributed by atoms with van der Waals surface area (Å²) in [5.41, 5.74) is 0.956. The van der Waals surface area contributed by atoms with E-state index < -0.39 is 0 Å². The molecule has 0 spiro atoms. The fourth-order valence-electron chi connectivity index (χ4n) is 2.79. The fourth-order valence-corrected chi connectivity index (χ4v) is 2.79.